The van der Waals surface area contributed by atoms with Crippen molar-refractivity contribution in [3.8, 4) is 5.69 Å². The van der Waals surface area contributed by atoms with Gasteiger partial charge in [-0.15, -0.1) is 0 Å². The molecule has 12 nitrogen and oxygen atoms in total. The maximum atomic E-state index is 13.0. The van der Waals surface area contributed by atoms with Crippen LogP contribution in [-0.2, 0) is 9.47 Å². The minimum atomic E-state index is -0.985. The molecule has 32 heavy (non-hydrogen) atoms. The molecule has 0 saturated heterocycles. The van der Waals surface area contributed by atoms with E-state index in [0.29, 0.717) is 21.5 Å². The summed E-state index contributed by atoms with van der Waals surface area (Å²) in [6.07, 6.45) is 0.345. The number of carbonyl (C=O) groups is 2. The van der Waals surface area contributed by atoms with Crippen molar-refractivity contribution in [2.45, 2.75) is 52.7 Å². The number of rotatable bonds is 3. The average Bonchev–Trinajstić information content (AvgIpc) is 3.26. The van der Waals surface area contributed by atoms with E-state index in [1.807, 2.05) is 0 Å². The van der Waals surface area contributed by atoms with Gasteiger partial charge in [-0.25, -0.2) is 14.3 Å². The monoisotopic (exact) mass is 444 g/mol. The number of hydrogen-bond acceptors (Lipinski definition) is 8. The summed E-state index contributed by atoms with van der Waals surface area (Å²) in [5.41, 5.74) is -1.18. The SMILES string of the molecule is CC(C)(C)OC(=O)N(C(=O)OC(C)(C)C)c1n[nH]c2cccc(-n3cc([N+](=O)[O-])cn3)c12. The van der Waals surface area contributed by atoms with Crippen LogP contribution in [0, 0.1) is 10.1 Å². The van der Waals surface area contributed by atoms with Gasteiger partial charge in [0.05, 0.1) is 21.5 Å². The van der Waals surface area contributed by atoms with Crippen LogP contribution in [0.25, 0.3) is 16.6 Å². The number of nitrogens with zero attached hydrogens (tertiary/aromatic N) is 5. The van der Waals surface area contributed by atoms with E-state index in [4.69, 9.17) is 9.47 Å². The summed E-state index contributed by atoms with van der Waals surface area (Å²) in [5, 5.41) is 22.3. The van der Waals surface area contributed by atoms with Crippen LogP contribution in [0.3, 0.4) is 0 Å². The topological polar surface area (TPSA) is 145 Å². The molecule has 1 aromatic carbocycles. The molecule has 0 aliphatic rings. The van der Waals surface area contributed by atoms with E-state index in [1.54, 1.807) is 59.7 Å². The fraction of sp³-hybridized carbons (Fsp3) is 0.400. The first-order valence-electron chi connectivity index (χ1n) is 9.69. The molecular weight excluding hydrogens is 420 g/mol. The van der Waals surface area contributed by atoms with Crippen LogP contribution in [0.2, 0.25) is 0 Å². The van der Waals surface area contributed by atoms with Gasteiger partial charge >= 0.3 is 17.9 Å². The summed E-state index contributed by atoms with van der Waals surface area (Å²) in [6, 6.07) is 4.98. The summed E-state index contributed by atoms with van der Waals surface area (Å²) >= 11 is 0. The number of fused-ring (bicyclic) bond motifs is 1. The summed E-state index contributed by atoms with van der Waals surface area (Å²) < 4.78 is 12.1. The van der Waals surface area contributed by atoms with Gasteiger partial charge in [0, 0.05) is 0 Å². The highest BCUT2D eigenvalue weighted by Gasteiger charge is 2.36. The summed E-state index contributed by atoms with van der Waals surface area (Å²) in [6.45, 7) is 9.97. The lowest BCUT2D eigenvalue weighted by molar-refractivity contribution is -0.384. The molecule has 2 aromatic heterocycles. The van der Waals surface area contributed by atoms with Gasteiger partial charge in [-0.1, -0.05) is 6.07 Å². The predicted octanol–water partition coefficient (Wildman–Crippen LogP) is 4.33. The van der Waals surface area contributed by atoms with Crippen molar-refractivity contribution in [3.05, 3.63) is 40.7 Å². The molecule has 3 aromatic rings. The third-order valence-corrected chi connectivity index (χ3v) is 3.94. The molecule has 3 rings (SSSR count). The smallest absolute Gasteiger partial charge is 0.425 e. The Balaban J connectivity index is 2.18. The van der Waals surface area contributed by atoms with Crippen molar-refractivity contribution >= 4 is 34.6 Å². The number of ether oxygens (including phenoxy) is 2. The highest BCUT2D eigenvalue weighted by molar-refractivity contribution is 6.15. The number of hydrogen-bond donors (Lipinski definition) is 1. The first kappa shape index (κ1) is 22.7. The molecule has 2 heterocycles. The Morgan fingerprint density at radius 1 is 1.09 bits per heavy atom. The van der Waals surface area contributed by atoms with Crippen LogP contribution in [0.4, 0.5) is 21.1 Å². The highest BCUT2D eigenvalue weighted by Crippen LogP contribution is 2.32. The van der Waals surface area contributed by atoms with E-state index in [1.165, 1.54) is 10.9 Å². The fourth-order valence-electron chi connectivity index (χ4n) is 2.79. The first-order chi connectivity index (χ1) is 14.8. The largest absolute Gasteiger partial charge is 0.443 e. The molecular formula is C20H24N6O6. The van der Waals surface area contributed by atoms with Gasteiger partial charge in [-0.05, 0) is 53.7 Å². The van der Waals surface area contributed by atoms with Crippen LogP contribution in [-0.4, -0.2) is 48.3 Å². The van der Waals surface area contributed by atoms with E-state index in [2.05, 4.69) is 15.3 Å². The van der Waals surface area contributed by atoms with E-state index in [-0.39, 0.29) is 11.5 Å². The standard InChI is InChI=1S/C20H24N6O6/c1-19(2,3)31-17(27)25(18(28)32-20(4,5)6)16-15-13(22-23-16)8-7-9-14(15)24-11-12(10-21-24)26(29)30/h7-11H,1-6H3,(H,22,23). The number of imide groups is 1. The Kier molecular flexibility index (Phi) is 5.64. The number of nitro groups is 1. The van der Waals surface area contributed by atoms with Gasteiger partial charge < -0.3 is 9.47 Å². The van der Waals surface area contributed by atoms with Crippen molar-refractivity contribution in [2.24, 2.45) is 0 Å². The predicted molar refractivity (Wildman–Crippen MR) is 115 cm³/mol. The maximum absolute atomic E-state index is 13.0. The van der Waals surface area contributed by atoms with Crippen molar-refractivity contribution in [1.29, 1.82) is 0 Å². The Labute approximate surface area is 183 Å². The van der Waals surface area contributed by atoms with Crippen molar-refractivity contribution in [3.63, 3.8) is 0 Å². The van der Waals surface area contributed by atoms with Crippen LogP contribution in [0.1, 0.15) is 41.5 Å². The molecule has 0 aliphatic carbocycles. The van der Waals surface area contributed by atoms with Gasteiger partial charge in [0.1, 0.15) is 23.6 Å². The average molecular weight is 444 g/mol. The summed E-state index contributed by atoms with van der Waals surface area (Å²) in [4.78, 5) is 37.2. The van der Waals surface area contributed by atoms with Crippen molar-refractivity contribution in [1.82, 2.24) is 20.0 Å². The second kappa shape index (κ2) is 7.94. The van der Waals surface area contributed by atoms with Gasteiger partial charge in [-0.3, -0.25) is 15.2 Å². The number of anilines is 1. The highest BCUT2D eigenvalue weighted by atomic mass is 16.6. The quantitative estimate of drug-likeness (QED) is 0.464. The lowest BCUT2D eigenvalue weighted by atomic mass is 10.2. The molecule has 0 atom stereocenters. The minimum absolute atomic E-state index is 0.0859. The van der Waals surface area contributed by atoms with Gasteiger partial charge in [0.2, 0.25) is 0 Å². The van der Waals surface area contributed by atoms with E-state index in [0.717, 1.165) is 6.20 Å². The molecule has 0 saturated carbocycles. The third-order valence-electron chi connectivity index (χ3n) is 3.94. The number of carbonyl (C=O) groups excluding carboxylic acids is 2. The zero-order chi connectivity index (χ0) is 23.8. The lowest BCUT2D eigenvalue weighted by Crippen LogP contribution is -2.44. The normalized spacial score (nSPS) is 11.9. The summed E-state index contributed by atoms with van der Waals surface area (Å²) in [7, 11) is 0. The zero-order valence-electron chi connectivity index (χ0n) is 18.6. The van der Waals surface area contributed by atoms with Crippen molar-refractivity contribution in [2.75, 3.05) is 4.90 Å². The molecule has 0 bridgehead atoms. The molecule has 12 heteroatoms. The Morgan fingerprint density at radius 3 is 2.19 bits per heavy atom. The number of benzene rings is 1. The van der Waals surface area contributed by atoms with Gasteiger partial charge in [-0.2, -0.15) is 15.1 Å². The molecule has 170 valence electrons. The molecule has 0 fully saturated rings. The van der Waals surface area contributed by atoms with Gasteiger partial charge in [0.25, 0.3) is 0 Å². The number of H-pyrrole nitrogens is 1. The minimum Gasteiger partial charge on any atom is -0.443 e. The van der Waals surface area contributed by atoms with Crippen molar-refractivity contribution < 1.29 is 24.0 Å². The molecule has 0 radical (unpaired) electrons. The maximum Gasteiger partial charge on any atom is 0.425 e. The summed E-state index contributed by atoms with van der Waals surface area (Å²) in [5.74, 6) is -0.0859. The lowest BCUT2D eigenvalue weighted by Gasteiger charge is -2.27. The second-order valence-corrected chi connectivity index (χ2v) is 8.94. The third kappa shape index (κ3) is 4.85. The van der Waals surface area contributed by atoms with E-state index < -0.39 is 28.3 Å². The first-order valence-corrected chi connectivity index (χ1v) is 9.69. The fourth-order valence-corrected chi connectivity index (χ4v) is 2.79. The molecule has 2 amide bonds. The number of nitrogens with one attached hydrogen (secondary N) is 1. The molecule has 1 N–H and O–H groups in total. The van der Waals surface area contributed by atoms with Gasteiger partial charge in [0.15, 0.2) is 5.82 Å². The van der Waals surface area contributed by atoms with Crippen LogP contribution in [0.5, 0.6) is 0 Å². The molecule has 0 aliphatic heterocycles. The second-order valence-electron chi connectivity index (χ2n) is 8.94. The Bertz CT molecular complexity index is 1160. The molecule has 0 spiro atoms. The molecule has 0 unspecified atom stereocenters. The van der Waals surface area contributed by atoms with Crippen LogP contribution < -0.4 is 4.90 Å². The Hall–Kier alpha value is -3.96. The number of amides is 2. The van der Waals surface area contributed by atoms with Crippen LogP contribution in [0.15, 0.2) is 30.6 Å². The number of aromatic amines is 1. The van der Waals surface area contributed by atoms with Crippen LogP contribution >= 0.6 is 0 Å². The number of aromatic nitrogens is 4. The zero-order valence-corrected chi connectivity index (χ0v) is 18.6. The van der Waals surface area contributed by atoms with E-state index in [9.17, 15) is 19.7 Å². The van der Waals surface area contributed by atoms with E-state index >= 15 is 0 Å². The Morgan fingerprint density at radius 2 is 1.69 bits per heavy atom.